The second kappa shape index (κ2) is 7.28. The van der Waals surface area contributed by atoms with Crippen molar-refractivity contribution in [3.05, 3.63) is 29.3 Å². The third-order valence-electron chi connectivity index (χ3n) is 3.75. The van der Waals surface area contributed by atoms with Gasteiger partial charge in [0.25, 0.3) is 0 Å². The molecule has 1 unspecified atom stereocenters. The summed E-state index contributed by atoms with van der Waals surface area (Å²) in [5.41, 5.74) is 0.981. The van der Waals surface area contributed by atoms with Crippen molar-refractivity contribution in [2.24, 2.45) is 0 Å². The standard InChI is InChI=1S/C14H17F3N2O5S/c15-14(16,17)13(22)19-4-3-9-1-2-12(5-10(9)7-19)25(23,24)18-6-11(21)8-20/h1-2,5,11,18,20-21H,3-4,6-8H2. The summed E-state index contributed by atoms with van der Waals surface area (Å²) in [5, 5.41) is 17.9. The first-order chi connectivity index (χ1) is 11.5. The van der Waals surface area contributed by atoms with Gasteiger partial charge in [0.05, 0.1) is 17.6 Å². The molecule has 0 aliphatic carbocycles. The van der Waals surface area contributed by atoms with Crippen molar-refractivity contribution in [2.75, 3.05) is 19.7 Å². The van der Waals surface area contributed by atoms with Crippen LogP contribution in [0.1, 0.15) is 11.1 Å². The van der Waals surface area contributed by atoms with Crippen molar-refractivity contribution in [3.63, 3.8) is 0 Å². The number of amides is 1. The Morgan fingerprint density at radius 2 is 2.00 bits per heavy atom. The second-order valence-electron chi connectivity index (χ2n) is 5.59. The lowest BCUT2D eigenvalue weighted by Gasteiger charge is -2.29. The normalized spacial score (nSPS) is 16.4. The highest BCUT2D eigenvalue weighted by Gasteiger charge is 2.43. The number of alkyl halides is 3. The van der Waals surface area contributed by atoms with Gasteiger partial charge in [0.1, 0.15) is 0 Å². The zero-order valence-corrected chi connectivity index (χ0v) is 13.8. The molecule has 0 spiro atoms. The molecular weight excluding hydrogens is 365 g/mol. The molecule has 1 aliphatic heterocycles. The lowest BCUT2D eigenvalue weighted by Crippen LogP contribution is -2.43. The number of hydrogen-bond donors (Lipinski definition) is 3. The molecule has 0 bridgehead atoms. The highest BCUT2D eigenvalue weighted by molar-refractivity contribution is 7.89. The van der Waals surface area contributed by atoms with E-state index in [1.807, 2.05) is 0 Å². The average molecular weight is 382 g/mol. The van der Waals surface area contributed by atoms with E-state index in [2.05, 4.69) is 4.72 Å². The minimum Gasteiger partial charge on any atom is -0.394 e. The Morgan fingerprint density at radius 1 is 1.32 bits per heavy atom. The van der Waals surface area contributed by atoms with Crippen LogP contribution in [0.15, 0.2) is 23.1 Å². The summed E-state index contributed by atoms with van der Waals surface area (Å²) in [6.07, 6.45) is -6.07. The van der Waals surface area contributed by atoms with Crippen molar-refractivity contribution in [2.45, 2.75) is 30.1 Å². The minimum absolute atomic E-state index is 0.0988. The van der Waals surface area contributed by atoms with Crippen LogP contribution in [-0.4, -0.2) is 61.4 Å². The summed E-state index contributed by atoms with van der Waals surface area (Å²) in [6.45, 7) is -1.47. The van der Waals surface area contributed by atoms with E-state index in [1.54, 1.807) is 0 Å². The summed E-state index contributed by atoms with van der Waals surface area (Å²) >= 11 is 0. The lowest BCUT2D eigenvalue weighted by atomic mass is 10.00. The quantitative estimate of drug-likeness (QED) is 0.652. The Kier molecular flexibility index (Phi) is 5.72. The molecule has 1 heterocycles. The fourth-order valence-corrected chi connectivity index (χ4v) is 3.53. The molecule has 0 aromatic heterocycles. The summed E-state index contributed by atoms with van der Waals surface area (Å²) in [7, 11) is -4.01. The van der Waals surface area contributed by atoms with Gasteiger partial charge in [-0.3, -0.25) is 4.79 Å². The molecular formula is C14H17F3N2O5S. The molecule has 25 heavy (non-hydrogen) atoms. The lowest BCUT2D eigenvalue weighted by molar-refractivity contribution is -0.186. The Hall–Kier alpha value is -1.69. The predicted octanol–water partition coefficient (Wildman–Crippen LogP) is -0.235. The molecule has 140 valence electrons. The largest absolute Gasteiger partial charge is 0.471 e. The number of carbonyl (C=O) groups excluding carboxylic acids is 1. The summed E-state index contributed by atoms with van der Waals surface area (Å²) < 4.78 is 64.0. The van der Waals surface area contributed by atoms with Gasteiger partial charge in [-0.2, -0.15) is 13.2 Å². The number of sulfonamides is 1. The topological polar surface area (TPSA) is 107 Å². The third kappa shape index (κ3) is 4.69. The van der Waals surface area contributed by atoms with Crippen LogP contribution in [-0.2, 0) is 27.8 Å². The van der Waals surface area contributed by atoms with Crippen LogP contribution in [0.25, 0.3) is 0 Å². The number of nitrogens with zero attached hydrogens (tertiary/aromatic N) is 1. The molecule has 1 amide bonds. The first-order valence-electron chi connectivity index (χ1n) is 7.31. The molecule has 11 heteroatoms. The highest BCUT2D eigenvalue weighted by Crippen LogP contribution is 2.26. The first-order valence-corrected chi connectivity index (χ1v) is 8.79. The van der Waals surface area contributed by atoms with Gasteiger partial charge in [-0.15, -0.1) is 0 Å². The summed E-state index contributed by atoms with van der Waals surface area (Å²) in [6, 6.07) is 3.99. The van der Waals surface area contributed by atoms with Crippen LogP contribution in [0.2, 0.25) is 0 Å². The zero-order chi connectivity index (χ0) is 18.8. The maximum atomic E-state index is 12.5. The Balaban J connectivity index is 2.20. The SMILES string of the molecule is O=C(N1CCc2ccc(S(=O)(=O)NCC(O)CO)cc2C1)C(F)(F)F. The number of nitrogens with one attached hydrogen (secondary N) is 1. The zero-order valence-electron chi connectivity index (χ0n) is 13.0. The van der Waals surface area contributed by atoms with Crippen molar-refractivity contribution in [3.8, 4) is 0 Å². The molecule has 0 fully saturated rings. The summed E-state index contributed by atoms with van der Waals surface area (Å²) in [4.78, 5) is 11.8. The number of hydrogen-bond acceptors (Lipinski definition) is 5. The molecule has 0 saturated heterocycles. The first kappa shape index (κ1) is 19.6. The smallest absolute Gasteiger partial charge is 0.394 e. The van der Waals surface area contributed by atoms with Gasteiger partial charge in [-0.05, 0) is 29.7 Å². The Labute approximate surface area is 142 Å². The van der Waals surface area contributed by atoms with Gasteiger partial charge in [0, 0.05) is 19.6 Å². The van der Waals surface area contributed by atoms with E-state index in [0.29, 0.717) is 16.0 Å². The Morgan fingerprint density at radius 3 is 2.60 bits per heavy atom. The Bertz CT molecular complexity index is 751. The van der Waals surface area contributed by atoms with E-state index < -0.39 is 41.4 Å². The fraction of sp³-hybridized carbons (Fsp3) is 0.500. The van der Waals surface area contributed by atoms with Crippen LogP contribution >= 0.6 is 0 Å². The van der Waals surface area contributed by atoms with E-state index in [1.165, 1.54) is 18.2 Å². The van der Waals surface area contributed by atoms with Crippen molar-refractivity contribution in [1.82, 2.24) is 9.62 Å². The van der Waals surface area contributed by atoms with Crippen LogP contribution in [0.3, 0.4) is 0 Å². The number of rotatable bonds is 5. The number of halogens is 3. The van der Waals surface area contributed by atoms with Crippen LogP contribution in [0, 0.1) is 0 Å². The number of carbonyl (C=O) groups is 1. The van der Waals surface area contributed by atoms with Gasteiger partial charge in [0.15, 0.2) is 0 Å². The van der Waals surface area contributed by atoms with E-state index in [9.17, 15) is 31.5 Å². The van der Waals surface area contributed by atoms with Gasteiger partial charge in [-0.25, -0.2) is 13.1 Å². The van der Waals surface area contributed by atoms with Crippen LogP contribution in [0.5, 0.6) is 0 Å². The van der Waals surface area contributed by atoms with Gasteiger partial charge < -0.3 is 15.1 Å². The van der Waals surface area contributed by atoms with Crippen LogP contribution < -0.4 is 4.72 Å². The second-order valence-corrected chi connectivity index (χ2v) is 7.36. The molecule has 1 aromatic rings. The van der Waals surface area contributed by atoms with Crippen molar-refractivity contribution in [1.29, 1.82) is 0 Å². The van der Waals surface area contributed by atoms with E-state index in [-0.39, 0.29) is 24.4 Å². The fourth-order valence-electron chi connectivity index (χ4n) is 2.41. The maximum absolute atomic E-state index is 12.5. The number of fused-ring (bicyclic) bond motifs is 1. The molecule has 3 N–H and O–H groups in total. The summed E-state index contributed by atoms with van der Waals surface area (Å²) in [5.74, 6) is -1.96. The number of aliphatic hydroxyl groups excluding tert-OH is 2. The monoisotopic (exact) mass is 382 g/mol. The molecule has 1 aliphatic rings. The molecule has 0 saturated carbocycles. The van der Waals surface area contributed by atoms with E-state index >= 15 is 0 Å². The molecule has 7 nitrogen and oxygen atoms in total. The average Bonchev–Trinajstić information content (AvgIpc) is 2.57. The van der Waals surface area contributed by atoms with Crippen molar-refractivity contribution >= 4 is 15.9 Å². The molecule has 1 aromatic carbocycles. The molecule has 0 radical (unpaired) electrons. The molecule has 1 atom stereocenters. The maximum Gasteiger partial charge on any atom is 0.471 e. The van der Waals surface area contributed by atoms with E-state index in [4.69, 9.17) is 5.11 Å². The molecule has 2 rings (SSSR count). The van der Waals surface area contributed by atoms with E-state index in [0.717, 1.165) is 0 Å². The number of benzene rings is 1. The van der Waals surface area contributed by atoms with Crippen LogP contribution in [0.4, 0.5) is 13.2 Å². The third-order valence-corrected chi connectivity index (χ3v) is 5.17. The van der Waals surface area contributed by atoms with Crippen molar-refractivity contribution < 1.29 is 36.6 Å². The highest BCUT2D eigenvalue weighted by atomic mass is 32.2. The van der Waals surface area contributed by atoms with Gasteiger partial charge >= 0.3 is 12.1 Å². The number of aliphatic hydroxyl groups is 2. The minimum atomic E-state index is -4.98. The predicted molar refractivity (Wildman–Crippen MR) is 79.9 cm³/mol. The van der Waals surface area contributed by atoms with Gasteiger partial charge in [-0.1, -0.05) is 6.07 Å². The van der Waals surface area contributed by atoms with Gasteiger partial charge in [0.2, 0.25) is 10.0 Å².